The molecule has 0 bridgehead atoms. The molecule has 3 rings (SSSR count). The van der Waals surface area contributed by atoms with E-state index in [1.165, 1.54) is 0 Å². The number of benzene rings is 2. The van der Waals surface area contributed by atoms with Crippen molar-refractivity contribution in [1.82, 2.24) is 10.1 Å². The van der Waals surface area contributed by atoms with Crippen LogP contribution in [0.25, 0.3) is 11.5 Å². The Morgan fingerprint density at radius 1 is 1.22 bits per heavy atom. The van der Waals surface area contributed by atoms with E-state index in [0.717, 1.165) is 11.1 Å². The predicted octanol–water partition coefficient (Wildman–Crippen LogP) is 4.06. The molecule has 0 aliphatic rings. The molecular formula is C17H13ClN2O3. The molecule has 0 radical (unpaired) electrons. The van der Waals surface area contributed by atoms with Gasteiger partial charge in [-0.05, 0) is 48.9 Å². The Hall–Kier alpha value is -2.66. The number of aromatic nitrogens is 2. The molecule has 5 nitrogen and oxygen atoms in total. The second kappa shape index (κ2) is 6.62. The van der Waals surface area contributed by atoms with E-state index in [1.807, 2.05) is 12.1 Å². The van der Waals surface area contributed by atoms with Crippen molar-refractivity contribution in [2.75, 3.05) is 0 Å². The zero-order valence-corrected chi connectivity index (χ0v) is 13.1. The van der Waals surface area contributed by atoms with E-state index in [9.17, 15) is 4.79 Å². The molecule has 0 unspecified atom stereocenters. The molecule has 0 saturated carbocycles. The number of carbonyl (C=O) groups is 1. The van der Waals surface area contributed by atoms with Crippen LogP contribution >= 0.6 is 11.6 Å². The third kappa shape index (κ3) is 3.76. The second-order valence-electron chi connectivity index (χ2n) is 4.93. The largest absolute Gasteiger partial charge is 0.457 e. The highest BCUT2D eigenvalue weighted by Crippen LogP contribution is 2.18. The fourth-order valence-corrected chi connectivity index (χ4v) is 2.24. The predicted molar refractivity (Wildman–Crippen MR) is 85.0 cm³/mol. The lowest BCUT2D eigenvalue weighted by Gasteiger charge is -2.05. The number of esters is 1. The van der Waals surface area contributed by atoms with Crippen LogP contribution in [0.15, 0.2) is 53.1 Å². The van der Waals surface area contributed by atoms with Crippen LogP contribution in [0.5, 0.6) is 0 Å². The first-order chi connectivity index (χ1) is 11.1. The standard InChI is InChI=1S/C17H13ClN2O3/c1-11-19-16(23-20-11)13-5-7-14(8-6-13)17(21)22-10-12-3-2-4-15(18)9-12/h2-9H,10H2,1H3. The fraction of sp³-hybridized carbons (Fsp3) is 0.118. The minimum absolute atomic E-state index is 0.171. The van der Waals surface area contributed by atoms with Gasteiger partial charge in [-0.1, -0.05) is 28.9 Å². The molecule has 1 heterocycles. The van der Waals surface area contributed by atoms with Crippen LogP contribution in [-0.4, -0.2) is 16.1 Å². The van der Waals surface area contributed by atoms with Crippen molar-refractivity contribution in [3.05, 3.63) is 70.5 Å². The van der Waals surface area contributed by atoms with Crippen molar-refractivity contribution in [2.24, 2.45) is 0 Å². The summed E-state index contributed by atoms with van der Waals surface area (Å²) in [6, 6.07) is 14.0. The topological polar surface area (TPSA) is 65.2 Å². The van der Waals surface area contributed by atoms with Crippen LogP contribution in [-0.2, 0) is 11.3 Å². The van der Waals surface area contributed by atoms with E-state index < -0.39 is 5.97 Å². The van der Waals surface area contributed by atoms with Crippen molar-refractivity contribution < 1.29 is 14.1 Å². The van der Waals surface area contributed by atoms with Gasteiger partial charge in [0.2, 0.25) is 0 Å². The van der Waals surface area contributed by atoms with Crippen LogP contribution in [0.1, 0.15) is 21.7 Å². The van der Waals surface area contributed by atoms with Crippen molar-refractivity contribution >= 4 is 17.6 Å². The summed E-state index contributed by atoms with van der Waals surface area (Å²) in [6.45, 7) is 1.92. The summed E-state index contributed by atoms with van der Waals surface area (Å²) in [5, 5.41) is 4.34. The molecule has 0 atom stereocenters. The quantitative estimate of drug-likeness (QED) is 0.676. The van der Waals surface area contributed by atoms with E-state index in [2.05, 4.69) is 10.1 Å². The molecule has 0 saturated heterocycles. The Kier molecular flexibility index (Phi) is 4.39. The van der Waals surface area contributed by atoms with Gasteiger partial charge in [0.05, 0.1) is 5.56 Å². The van der Waals surface area contributed by atoms with Gasteiger partial charge in [-0.15, -0.1) is 0 Å². The summed E-state index contributed by atoms with van der Waals surface area (Å²) < 4.78 is 10.3. The molecule has 0 amide bonds. The lowest BCUT2D eigenvalue weighted by molar-refractivity contribution is 0.0472. The Labute approximate surface area is 137 Å². The Balaban J connectivity index is 1.66. The number of halogens is 1. The van der Waals surface area contributed by atoms with E-state index in [1.54, 1.807) is 43.3 Å². The first kappa shape index (κ1) is 15.2. The third-order valence-corrected chi connectivity index (χ3v) is 3.39. The van der Waals surface area contributed by atoms with E-state index in [0.29, 0.717) is 22.3 Å². The highest BCUT2D eigenvalue weighted by molar-refractivity contribution is 6.30. The van der Waals surface area contributed by atoms with Gasteiger partial charge in [0.25, 0.3) is 5.89 Å². The van der Waals surface area contributed by atoms with Gasteiger partial charge in [0, 0.05) is 10.6 Å². The lowest BCUT2D eigenvalue weighted by Crippen LogP contribution is -2.05. The van der Waals surface area contributed by atoms with Gasteiger partial charge in [0.15, 0.2) is 5.82 Å². The lowest BCUT2D eigenvalue weighted by atomic mass is 10.1. The molecular weight excluding hydrogens is 316 g/mol. The van der Waals surface area contributed by atoms with Crippen LogP contribution in [0, 0.1) is 6.92 Å². The first-order valence-electron chi connectivity index (χ1n) is 6.94. The highest BCUT2D eigenvalue weighted by atomic mass is 35.5. The molecule has 1 aromatic heterocycles. The van der Waals surface area contributed by atoms with E-state index in [-0.39, 0.29) is 6.61 Å². The SMILES string of the molecule is Cc1noc(-c2ccc(C(=O)OCc3cccc(Cl)c3)cc2)n1. The maximum absolute atomic E-state index is 12.0. The Bertz CT molecular complexity index is 828. The minimum atomic E-state index is -0.404. The molecule has 0 N–H and O–H groups in total. The van der Waals surface area contributed by atoms with Crippen LogP contribution < -0.4 is 0 Å². The monoisotopic (exact) mass is 328 g/mol. The summed E-state index contributed by atoms with van der Waals surface area (Å²) >= 11 is 5.89. The average Bonchev–Trinajstić information content (AvgIpc) is 2.99. The number of nitrogens with zero attached hydrogens (tertiary/aromatic N) is 2. The molecule has 0 aliphatic carbocycles. The Morgan fingerprint density at radius 2 is 2.00 bits per heavy atom. The Morgan fingerprint density at radius 3 is 2.65 bits per heavy atom. The van der Waals surface area contributed by atoms with Crippen molar-refractivity contribution in [1.29, 1.82) is 0 Å². The zero-order valence-electron chi connectivity index (χ0n) is 12.3. The number of carbonyl (C=O) groups excluding carboxylic acids is 1. The molecule has 6 heteroatoms. The summed E-state index contributed by atoms with van der Waals surface area (Å²) in [7, 11) is 0. The van der Waals surface area contributed by atoms with Crippen LogP contribution in [0.4, 0.5) is 0 Å². The van der Waals surface area contributed by atoms with E-state index in [4.69, 9.17) is 20.9 Å². The van der Waals surface area contributed by atoms with Crippen LogP contribution in [0.2, 0.25) is 5.02 Å². The highest BCUT2D eigenvalue weighted by Gasteiger charge is 2.10. The van der Waals surface area contributed by atoms with Gasteiger partial charge in [-0.25, -0.2) is 4.79 Å². The number of aryl methyl sites for hydroxylation is 1. The van der Waals surface area contributed by atoms with Crippen molar-refractivity contribution in [2.45, 2.75) is 13.5 Å². The maximum atomic E-state index is 12.0. The van der Waals surface area contributed by atoms with Gasteiger partial charge in [-0.3, -0.25) is 0 Å². The average molecular weight is 329 g/mol. The smallest absolute Gasteiger partial charge is 0.338 e. The normalized spacial score (nSPS) is 10.5. The zero-order chi connectivity index (χ0) is 16.2. The molecule has 23 heavy (non-hydrogen) atoms. The first-order valence-corrected chi connectivity index (χ1v) is 7.32. The van der Waals surface area contributed by atoms with Crippen molar-refractivity contribution in [3.8, 4) is 11.5 Å². The number of hydrogen-bond donors (Lipinski definition) is 0. The second-order valence-corrected chi connectivity index (χ2v) is 5.37. The van der Waals surface area contributed by atoms with Gasteiger partial charge in [-0.2, -0.15) is 4.98 Å². The number of rotatable bonds is 4. The van der Waals surface area contributed by atoms with E-state index >= 15 is 0 Å². The maximum Gasteiger partial charge on any atom is 0.338 e. The van der Waals surface area contributed by atoms with Gasteiger partial charge < -0.3 is 9.26 Å². The minimum Gasteiger partial charge on any atom is -0.457 e. The summed E-state index contributed by atoms with van der Waals surface area (Å²) in [4.78, 5) is 16.2. The van der Waals surface area contributed by atoms with Gasteiger partial charge in [0.1, 0.15) is 6.61 Å². The number of ether oxygens (including phenoxy) is 1. The molecule has 2 aromatic carbocycles. The van der Waals surface area contributed by atoms with Crippen LogP contribution in [0.3, 0.4) is 0 Å². The number of hydrogen-bond acceptors (Lipinski definition) is 5. The summed E-state index contributed by atoms with van der Waals surface area (Å²) in [5.74, 6) is 0.574. The molecule has 0 fully saturated rings. The molecule has 0 spiro atoms. The molecule has 116 valence electrons. The van der Waals surface area contributed by atoms with Crippen molar-refractivity contribution in [3.63, 3.8) is 0 Å². The van der Waals surface area contributed by atoms with Gasteiger partial charge >= 0.3 is 5.97 Å². The summed E-state index contributed by atoms with van der Waals surface area (Å²) in [6.07, 6.45) is 0. The molecule has 0 aliphatic heterocycles. The molecule has 3 aromatic rings. The summed E-state index contributed by atoms with van der Waals surface area (Å²) in [5.41, 5.74) is 2.04. The third-order valence-electron chi connectivity index (χ3n) is 3.15. The fourth-order valence-electron chi connectivity index (χ4n) is 2.02.